The molecule has 2 aromatic carbocycles. The molecule has 1 saturated heterocycles. The molecule has 0 bridgehead atoms. The van der Waals surface area contributed by atoms with Gasteiger partial charge >= 0.3 is 6.18 Å². The van der Waals surface area contributed by atoms with E-state index in [1.54, 1.807) is 36.4 Å². The highest BCUT2D eigenvalue weighted by atomic mass is 19.4. The number of carbonyl (C=O) groups excluding carboxylic acids is 2. The molecule has 192 valence electrons. The minimum atomic E-state index is -4.60. The van der Waals surface area contributed by atoms with Gasteiger partial charge in [-0.3, -0.25) is 9.59 Å². The van der Waals surface area contributed by atoms with Crippen molar-refractivity contribution in [1.82, 2.24) is 9.97 Å². The third-order valence-electron chi connectivity index (χ3n) is 5.68. The van der Waals surface area contributed by atoms with E-state index in [0.29, 0.717) is 43.1 Å². The summed E-state index contributed by atoms with van der Waals surface area (Å²) in [6.07, 6.45) is 2.71. The molecule has 2 N–H and O–H groups in total. The maximum absolute atomic E-state index is 13.8. The van der Waals surface area contributed by atoms with Crippen LogP contribution in [-0.4, -0.2) is 48.1 Å². The second-order valence-electron chi connectivity index (χ2n) is 8.31. The number of hydrogen-bond donors (Lipinski definition) is 2. The summed E-state index contributed by atoms with van der Waals surface area (Å²) in [4.78, 5) is 34.6. The molecule has 1 aliphatic heterocycles. The molecular formula is C26H24F3N5O3. The second kappa shape index (κ2) is 11.2. The van der Waals surface area contributed by atoms with Crippen LogP contribution in [0, 0.1) is 6.92 Å². The molecule has 37 heavy (non-hydrogen) atoms. The van der Waals surface area contributed by atoms with Crippen LogP contribution in [0.2, 0.25) is 0 Å². The molecule has 1 aliphatic rings. The van der Waals surface area contributed by atoms with E-state index in [1.807, 2.05) is 0 Å². The fraction of sp³-hybridized carbons (Fsp3) is 0.231. The van der Waals surface area contributed by atoms with Crippen molar-refractivity contribution in [3.63, 3.8) is 0 Å². The van der Waals surface area contributed by atoms with Crippen molar-refractivity contribution in [2.75, 3.05) is 41.8 Å². The molecule has 4 rings (SSSR count). The number of carbonyl (C=O) groups is 2. The first-order valence-corrected chi connectivity index (χ1v) is 11.4. The number of ether oxygens (including phenoxy) is 1. The van der Waals surface area contributed by atoms with Crippen LogP contribution in [0.25, 0.3) is 6.08 Å². The summed E-state index contributed by atoms with van der Waals surface area (Å²) >= 11 is 0. The van der Waals surface area contributed by atoms with Crippen LogP contribution in [0.1, 0.15) is 27.0 Å². The van der Waals surface area contributed by atoms with E-state index in [1.165, 1.54) is 36.7 Å². The smallest absolute Gasteiger partial charge is 0.378 e. The van der Waals surface area contributed by atoms with Crippen LogP contribution in [-0.2, 0) is 15.7 Å². The minimum absolute atomic E-state index is 0.00788. The highest BCUT2D eigenvalue weighted by Gasteiger charge is 2.35. The Morgan fingerprint density at radius 3 is 2.46 bits per heavy atom. The van der Waals surface area contributed by atoms with Crippen LogP contribution in [0.5, 0.6) is 0 Å². The molecule has 11 heteroatoms. The first kappa shape index (κ1) is 25.8. The van der Waals surface area contributed by atoms with Crippen molar-refractivity contribution in [2.45, 2.75) is 13.1 Å². The van der Waals surface area contributed by atoms with Crippen molar-refractivity contribution < 1.29 is 27.5 Å². The Morgan fingerprint density at radius 1 is 1.03 bits per heavy atom. The molecule has 8 nitrogen and oxygen atoms in total. The summed E-state index contributed by atoms with van der Waals surface area (Å²) in [6.45, 7) is 3.14. The number of morpholine rings is 1. The number of aromatic nitrogens is 2. The zero-order chi connectivity index (χ0) is 26.4. The lowest BCUT2D eigenvalue weighted by Gasteiger charge is -2.31. The lowest BCUT2D eigenvalue weighted by atomic mass is 10.1. The van der Waals surface area contributed by atoms with Crippen LogP contribution < -0.4 is 15.5 Å². The Bertz CT molecular complexity index is 1310. The summed E-state index contributed by atoms with van der Waals surface area (Å²) < 4.78 is 46.7. The predicted octanol–water partition coefficient (Wildman–Crippen LogP) is 4.54. The molecule has 2 heterocycles. The Morgan fingerprint density at radius 2 is 1.76 bits per heavy atom. The van der Waals surface area contributed by atoms with Gasteiger partial charge in [0.15, 0.2) is 0 Å². The largest absolute Gasteiger partial charge is 0.418 e. The van der Waals surface area contributed by atoms with Gasteiger partial charge in [0.1, 0.15) is 6.33 Å². The number of rotatable bonds is 6. The number of halogens is 3. The predicted molar refractivity (Wildman–Crippen MR) is 133 cm³/mol. The Hall–Kier alpha value is -4.25. The summed E-state index contributed by atoms with van der Waals surface area (Å²) in [7, 11) is 0. The first-order chi connectivity index (χ1) is 17.7. The van der Waals surface area contributed by atoms with Gasteiger partial charge in [-0.05, 0) is 48.9 Å². The number of nitrogens with one attached hydrogen (secondary N) is 2. The molecule has 3 aromatic rings. The van der Waals surface area contributed by atoms with Crippen LogP contribution >= 0.6 is 0 Å². The fourth-order valence-electron chi connectivity index (χ4n) is 3.77. The Balaban J connectivity index is 1.49. The number of benzene rings is 2. The number of alkyl halides is 3. The standard InChI is InChI=1S/C26H24F3N5O3/c1-17-2-4-19(12-22(17)33-24(35)7-3-18-14-30-16-31-15-18)25(36)32-20-5-6-23(21(13-20)26(27,28)29)34-8-10-37-11-9-34/h2-7,12-16H,8-11H2,1H3,(H,32,36)(H,33,35). The third-order valence-corrected chi connectivity index (χ3v) is 5.68. The average Bonchev–Trinajstić information content (AvgIpc) is 2.89. The molecule has 0 saturated carbocycles. The third kappa shape index (κ3) is 6.70. The molecule has 0 unspecified atom stereocenters. The maximum atomic E-state index is 13.8. The zero-order valence-electron chi connectivity index (χ0n) is 19.9. The van der Waals surface area contributed by atoms with E-state index in [0.717, 1.165) is 6.07 Å². The van der Waals surface area contributed by atoms with Gasteiger partial charge in [-0.25, -0.2) is 9.97 Å². The Labute approximate surface area is 211 Å². The molecule has 0 radical (unpaired) electrons. The van der Waals surface area contributed by atoms with Crippen molar-refractivity contribution in [2.24, 2.45) is 0 Å². The van der Waals surface area contributed by atoms with E-state index in [4.69, 9.17) is 4.74 Å². The van der Waals surface area contributed by atoms with Crippen LogP contribution in [0.4, 0.5) is 30.2 Å². The lowest BCUT2D eigenvalue weighted by Crippen LogP contribution is -2.37. The van der Waals surface area contributed by atoms with Gasteiger partial charge in [-0.1, -0.05) is 6.07 Å². The SMILES string of the molecule is Cc1ccc(C(=O)Nc2ccc(N3CCOCC3)c(C(F)(F)F)c2)cc1NC(=O)C=Cc1cncnc1. The quantitative estimate of drug-likeness (QED) is 0.472. The highest BCUT2D eigenvalue weighted by Crippen LogP contribution is 2.38. The normalized spacial score (nSPS) is 14.0. The molecule has 2 amide bonds. The van der Waals surface area contributed by atoms with E-state index >= 15 is 0 Å². The number of nitrogens with zero attached hydrogens (tertiary/aromatic N) is 3. The van der Waals surface area contributed by atoms with E-state index in [-0.39, 0.29) is 16.9 Å². The minimum Gasteiger partial charge on any atom is -0.378 e. The van der Waals surface area contributed by atoms with Gasteiger partial charge in [0.2, 0.25) is 5.91 Å². The fourth-order valence-corrected chi connectivity index (χ4v) is 3.77. The summed E-state index contributed by atoms with van der Waals surface area (Å²) in [5, 5.41) is 5.23. The zero-order valence-corrected chi connectivity index (χ0v) is 19.9. The van der Waals surface area contributed by atoms with Crippen LogP contribution in [0.15, 0.2) is 61.2 Å². The molecule has 0 aliphatic carbocycles. The summed E-state index contributed by atoms with van der Waals surface area (Å²) in [5.41, 5.74) is 1.13. The molecule has 1 fully saturated rings. The Kier molecular flexibility index (Phi) is 7.83. The maximum Gasteiger partial charge on any atom is 0.418 e. The lowest BCUT2D eigenvalue weighted by molar-refractivity contribution is -0.137. The van der Waals surface area contributed by atoms with Gasteiger partial charge in [0, 0.05) is 59.7 Å². The summed E-state index contributed by atoms with van der Waals surface area (Å²) in [5.74, 6) is -1.04. The first-order valence-electron chi connectivity index (χ1n) is 11.4. The van der Waals surface area contributed by atoms with Crippen LogP contribution in [0.3, 0.4) is 0 Å². The van der Waals surface area contributed by atoms with Gasteiger partial charge in [0.25, 0.3) is 5.91 Å². The van der Waals surface area contributed by atoms with Gasteiger partial charge in [0.05, 0.1) is 18.8 Å². The molecule has 1 aromatic heterocycles. The topological polar surface area (TPSA) is 96.5 Å². The van der Waals surface area contributed by atoms with Gasteiger partial charge in [-0.2, -0.15) is 13.2 Å². The molecular weight excluding hydrogens is 487 g/mol. The highest BCUT2D eigenvalue weighted by molar-refractivity contribution is 6.07. The van der Waals surface area contributed by atoms with Crippen molar-refractivity contribution in [3.8, 4) is 0 Å². The van der Waals surface area contributed by atoms with Crippen molar-refractivity contribution >= 4 is 35.0 Å². The van der Waals surface area contributed by atoms with Crippen molar-refractivity contribution in [1.29, 1.82) is 0 Å². The average molecular weight is 512 g/mol. The molecule has 0 spiro atoms. The number of anilines is 3. The van der Waals surface area contributed by atoms with Gasteiger partial charge in [-0.15, -0.1) is 0 Å². The second-order valence-corrected chi connectivity index (χ2v) is 8.31. The van der Waals surface area contributed by atoms with E-state index < -0.39 is 23.6 Å². The molecule has 0 atom stereocenters. The number of aryl methyl sites for hydroxylation is 1. The number of amides is 2. The van der Waals surface area contributed by atoms with E-state index in [9.17, 15) is 22.8 Å². The van der Waals surface area contributed by atoms with E-state index in [2.05, 4.69) is 20.6 Å². The van der Waals surface area contributed by atoms with Gasteiger partial charge < -0.3 is 20.3 Å². The summed E-state index contributed by atoms with van der Waals surface area (Å²) in [6, 6.07) is 8.36. The number of hydrogen-bond acceptors (Lipinski definition) is 6. The monoisotopic (exact) mass is 511 g/mol. The van der Waals surface area contributed by atoms with Crippen molar-refractivity contribution in [3.05, 3.63) is 83.4 Å².